The van der Waals surface area contributed by atoms with Crippen LogP contribution in [0.2, 0.25) is 0 Å². The third-order valence-corrected chi connectivity index (χ3v) is 3.93. The van der Waals surface area contributed by atoms with Crippen LogP contribution in [0.3, 0.4) is 0 Å². The number of nitrogens with zero attached hydrogens (tertiary/aromatic N) is 2. The Morgan fingerprint density at radius 1 is 1.11 bits per heavy atom. The second kappa shape index (κ2) is 6.06. The summed E-state index contributed by atoms with van der Waals surface area (Å²) in [5.41, 5.74) is 2.63. The first-order chi connectivity index (χ1) is 9.12. The number of nitrogens with one attached hydrogen (secondary N) is 1. The second-order valence-corrected chi connectivity index (χ2v) is 5.55. The second-order valence-electron chi connectivity index (χ2n) is 4.46. The Labute approximate surface area is 118 Å². The summed E-state index contributed by atoms with van der Waals surface area (Å²) in [5.74, 6) is 1.75. The van der Waals surface area contributed by atoms with E-state index < -0.39 is 0 Å². The van der Waals surface area contributed by atoms with Crippen LogP contribution in [0.5, 0.6) is 0 Å². The fraction of sp³-hybridized carbons (Fsp3) is 0.333. The van der Waals surface area contributed by atoms with Crippen LogP contribution in [0, 0.1) is 13.8 Å². The van der Waals surface area contributed by atoms with Crippen LogP contribution >= 0.6 is 11.8 Å². The van der Waals surface area contributed by atoms with Crippen LogP contribution in [-0.4, -0.2) is 17.0 Å². The highest BCUT2D eigenvalue weighted by Crippen LogP contribution is 2.28. The van der Waals surface area contributed by atoms with Crippen molar-refractivity contribution >= 4 is 17.6 Å². The fourth-order valence-corrected chi connectivity index (χ4v) is 2.64. The topological polar surface area (TPSA) is 37.8 Å². The van der Waals surface area contributed by atoms with Gasteiger partial charge in [-0.15, -0.1) is 0 Å². The summed E-state index contributed by atoms with van der Waals surface area (Å²) in [6, 6.07) is 8.48. The van der Waals surface area contributed by atoms with Gasteiger partial charge in [-0.3, -0.25) is 0 Å². The third kappa shape index (κ3) is 3.47. The van der Waals surface area contributed by atoms with Gasteiger partial charge in [-0.05, 0) is 37.1 Å². The van der Waals surface area contributed by atoms with Gasteiger partial charge in [-0.25, -0.2) is 9.97 Å². The summed E-state index contributed by atoms with van der Waals surface area (Å²) < 4.78 is 0. The van der Waals surface area contributed by atoms with Crippen LogP contribution < -0.4 is 5.32 Å². The number of aryl methyl sites for hydroxylation is 3. The molecule has 19 heavy (non-hydrogen) atoms. The molecule has 1 aromatic heterocycles. The molecule has 1 N–H and O–H groups in total. The zero-order chi connectivity index (χ0) is 13.8. The lowest BCUT2D eigenvalue weighted by molar-refractivity contribution is 0.891. The van der Waals surface area contributed by atoms with Gasteiger partial charge >= 0.3 is 0 Å². The summed E-state index contributed by atoms with van der Waals surface area (Å²) in [4.78, 5) is 10.2. The smallest absolute Gasteiger partial charge is 0.131 e. The number of benzene rings is 1. The van der Waals surface area contributed by atoms with Gasteiger partial charge in [-0.2, -0.15) is 0 Å². The highest BCUT2D eigenvalue weighted by molar-refractivity contribution is 7.99. The van der Waals surface area contributed by atoms with Crippen molar-refractivity contribution in [3.05, 3.63) is 41.2 Å². The van der Waals surface area contributed by atoms with E-state index in [0.29, 0.717) is 0 Å². The number of rotatable bonds is 4. The van der Waals surface area contributed by atoms with Crippen LogP contribution in [0.4, 0.5) is 5.82 Å². The number of hydrogen-bond acceptors (Lipinski definition) is 4. The lowest BCUT2D eigenvalue weighted by atomic mass is 10.1. The van der Waals surface area contributed by atoms with Crippen molar-refractivity contribution in [3.8, 4) is 0 Å². The van der Waals surface area contributed by atoms with Crippen molar-refractivity contribution in [3.63, 3.8) is 0 Å². The minimum absolute atomic E-state index is 0.843. The van der Waals surface area contributed by atoms with Crippen LogP contribution in [-0.2, 0) is 6.42 Å². The van der Waals surface area contributed by atoms with Gasteiger partial charge in [0.25, 0.3) is 0 Å². The molecule has 0 aliphatic rings. The molecule has 100 valence electrons. The molecular weight excluding hydrogens is 254 g/mol. The average molecular weight is 273 g/mol. The Kier molecular flexibility index (Phi) is 4.43. The summed E-state index contributed by atoms with van der Waals surface area (Å²) in [6.45, 7) is 6.33. The molecule has 2 aromatic rings. The predicted molar refractivity (Wildman–Crippen MR) is 81.0 cm³/mol. The summed E-state index contributed by atoms with van der Waals surface area (Å²) >= 11 is 1.68. The van der Waals surface area contributed by atoms with Crippen LogP contribution in [0.1, 0.15) is 23.9 Å². The molecule has 0 unspecified atom stereocenters. The SMILES string of the molecule is CCc1nc(NC)cc(Sc2ccc(C)c(C)c2)n1. The first kappa shape index (κ1) is 13.9. The largest absolute Gasteiger partial charge is 0.373 e. The van der Waals surface area contributed by atoms with E-state index in [1.54, 1.807) is 11.8 Å². The van der Waals surface area contributed by atoms with E-state index in [0.717, 1.165) is 23.1 Å². The summed E-state index contributed by atoms with van der Waals surface area (Å²) in [5, 5.41) is 4.07. The van der Waals surface area contributed by atoms with E-state index >= 15 is 0 Å². The predicted octanol–water partition coefficient (Wildman–Crippen LogP) is 3.85. The minimum atomic E-state index is 0.843. The van der Waals surface area contributed by atoms with Crippen LogP contribution in [0.25, 0.3) is 0 Å². The maximum Gasteiger partial charge on any atom is 0.131 e. The maximum atomic E-state index is 4.56. The van der Waals surface area contributed by atoms with E-state index in [4.69, 9.17) is 0 Å². The molecule has 0 spiro atoms. The molecule has 1 aromatic carbocycles. The molecule has 2 rings (SSSR count). The number of hydrogen-bond donors (Lipinski definition) is 1. The van der Waals surface area contributed by atoms with E-state index in [2.05, 4.69) is 54.3 Å². The molecule has 0 bridgehead atoms. The van der Waals surface area contributed by atoms with E-state index in [1.807, 2.05) is 13.1 Å². The molecule has 0 amide bonds. The first-order valence-electron chi connectivity index (χ1n) is 6.43. The fourth-order valence-electron chi connectivity index (χ4n) is 1.71. The van der Waals surface area contributed by atoms with Crippen molar-refractivity contribution in [1.29, 1.82) is 0 Å². The van der Waals surface area contributed by atoms with Gasteiger partial charge in [0, 0.05) is 24.4 Å². The van der Waals surface area contributed by atoms with Gasteiger partial charge < -0.3 is 5.32 Å². The molecule has 0 saturated heterocycles. The Balaban J connectivity index is 2.29. The zero-order valence-electron chi connectivity index (χ0n) is 11.8. The number of anilines is 1. The standard InChI is InChI=1S/C15H19N3S/c1-5-13-17-14(16-4)9-15(18-13)19-12-7-6-10(2)11(3)8-12/h6-9H,5H2,1-4H3,(H,16,17,18). The molecule has 4 heteroatoms. The zero-order valence-corrected chi connectivity index (χ0v) is 12.6. The lowest BCUT2D eigenvalue weighted by Crippen LogP contribution is -2.00. The Morgan fingerprint density at radius 2 is 1.89 bits per heavy atom. The summed E-state index contributed by atoms with van der Waals surface area (Å²) in [6.07, 6.45) is 0.843. The van der Waals surface area contributed by atoms with Crippen molar-refractivity contribution in [2.24, 2.45) is 0 Å². The Bertz CT molecular complexity index is 559. The van der Waals surface area contributed by atoms with Crippen molar-refractivity contribution in [2.45, 2.75) is 37.1 Å². The van der Waals surface area contributed by atoms with Crippen LogP contribution in [0.15, 0.2) is 34.2 Å². The number of aromatic nitrogens is 2. The van der Waals surface area contributed by atoms with E-state index in [1.165, 1.54) is 16.0 Å². The van der Waals surface area contributed by atoms with E-state index in [-0.39, 0.29) is 0 Å². The maximum absolute atomic E-state index is 4.56. The monoisotopic (exact) mass is 273 g/mol. The molecule has 3 nitrogen and oxygen atoms in total. The third-order valence-electron chi connectivity index (χ3n) is 3.02. The highest BCUT2D eigenvalue weighted by Gasteiger charge is 2.05. The molecular formula is C15H19N3S. The lowest BCUT2D eigenvalue weighted by Gasteiger charge is -2.07. The van der Waals surface area contributed by atoms with Gasteiger partial charge in [-0.1, -0.05) is 24.8 Å². The normalized spacial score (nSPS) is 10.5. The molecule has 0 fully saturated rings. The molecule has 0 aliphatic carbocycles. The highest BCUT2D eigenvalue weighted by atomic mass is 32.2. The minimum Gasteiger partial charge on any atom is -0.373 e. The van der Waals surface area contributed by atoms with Gasteiger partial charge in [0.2, 0.25) is 0 Å². The molecule has 0 aliphatic heterocycles. The first-order valence-corrected chi connectivity index (χ1v) is 7.25. The average Bonchev–Trinajstić information content (AvgIpc) is 2.42. The molecule has 0 atom stereocenters. The molecule has 1 heterocycles. The van der Waals surface area contributed by atoms with Gasteiger partial charge in [0.1, 0.15) is 16.7 Å². The van der Waals surface area contributed by atoms with Crippen molar-refractivity contribution < 1.29 is 0 Å². The quantitative estimate of drug-likeness (QED) is 0.859. The Hall–Kier alpha value is -1.55. The van der Waals surface area contributed by atoms with Gasteiger partial charge in [0.05, 0.1) is 0 Å². The van der Waals surface area contributed by atoms with Crippen molar-refractivity contribution in [1.82, 2.24) is 9.97 Å². The van der Waals surface area contributed by atoms with Gasteiger partial charge in [0.15, 0.2) is 0 Å². The van der Waals surface area contributed by atoms with Crippen molar-refractivity contribution in [2.75, 3.05) is 12.4 Å². The Morgan fingerprint density at radius 3 is 2.53 bits per heavy atom. The molecule has 0 saturated carbocycles. The summed E-state index contributed by atoms with van der Waals surface area (Å²) in [7, 11) is 1.88. The molecule has 0 radical (unpaired) electrons. The van der Waals surface area contributed by atoms with E-state index in [9.17, 15) is 0 Å².